The first-order chi connectivity index (χ1) is 13.1. The Morgan fingerprint density at radius 1 is 1.29 bits per heavy atom. The summed E-state index contributed by atoms with van der Waals surface area (Å²) in [5.74, 6) is -0.774. The van der Waals surface area contributed by atoms with Crippen LogP contribution in [0.3, 0.4) is 0 Å². The van der Waals surface area contributed by atoms with Gasteiger partial charge in [-0.05, 0) is 18.2 Å². The Labute approximate surface area is 161 Å². The van der Waals surface area contributed by atoms with Crippen LogP contribution in [0.4, 0.5) is 38.5 Å². The monoisotopic (exact) mass is 421 g/mol. The minimum Gasteiger partial charge on any atom is -0.447 e. The highest BCUT2D eigenvalue weighted by Crippen LogP contribution is 2.30. The quantitative estimate of drug-likeness (QED) is 0.581. The summed E-state index contributed by atoms with van der Waals surface area (Å²) in [6.45, 7) is 0.132. The standard InChI is InChI=1S/C16H15F4N3O4S/c17-9-5-8(1-2-10(9)22-3-4-26-14(22)24)23-7-11(27-15(23)25)13(21)12(28)6-16(18,19)20/h1-2,5,11,13H,3-4,6-7,21H2/t11-,13?/m0/s1. The number of alkyl halides is 3. The van der Waals surface area contributed by atoms with Gasteiger partial charge in [-0.3, -0.25) is 9.80 Å². The van der Waals surface area contributed by atoms with Crippen molar-refractivity contribution < 1.29 is 36.6 Å². The number of ether oxygens (including phenoxy) is 2. The van der Waals surface area contributed by atoms with Crippen LogP contribution in [-0.2, 0) is 9.47 Å². The lowest BCUT2D eigenvalue weighted by atomic mass is 10.1. The van der Waals surface area contributed by atoms with Crippen LogP contribution in [-0.4, -0.2) is 55.1 Å². The summed E-state index contributed by atoms with van der Waals surface area (Å²) in [4.78, 5) is 25.3. The number of anilines is 2. The molecule has 3 rings (SSSR count). The Hall–Kier alpha value is -2.47. The molecule has 1 aromatic rings. The zero-order chi connectivity index (χ0) is 20.6. The van der Waals surface area contributed by atoms with Crippen LogP contribution in [0.2, 0.25) is 0 Å². The van der Waals surface area contributed by atoms with Gasteiger partial charge in [-0.25, -0.2) is 14.0 Å². The first-order valence-electron chi connectivity index (χ1n) is 8.14. The average molecular weight is 421 g/mol. The Morgan fingerprint density at radius 2 is 2.00 bits per heavy atom. The van der Waals surface area contributed by atoms with Gasteiger partial charge < -0.3 is 15.2 Å². The molecule has 2 amide bonds. The Balaban J connectivity index is 1.72. The van der Waals surface area contributed by atoms with E-state index in [9.17, 15) is 27.2 Å². The third kappa shape index (κ3) is 4.17. The highest BCUT2D eigenvalue weighted by atomic mass is 32.1. The molecule has 2 heterocycles. The molecule has 2 aliphatic heterocycles. The molecule has 0 spiro atoms. The molecule has 0 radical (unpaired) electrons. The predicted octanol–water partition coefficient (Wildman–Crippen LogP) is 2.76. The minimum atomic E-state index is -4.52. The van der Waals surface area contributed by atoms with Crippen molar-refractivity contribution in [2.75, 3.05) is 29.5 Å². The van der Waals surface area contributed by atoms with Crippen molar-refractivity contribution in [2.24, 2.45) is 5.73 Å². The molecule has 0 aliphatic carbocycles. The molecule has 2 fully saturated rings. The van der Waals surface area contributed by atoms with Gasteiger partial charge in [-0.15, -0.1) is 0 Å². The molecule has 152 valence electrons. The van der Waals surface area contributed by atoms with Crippen LogP contribution < -0.4 is 15.5 Å². The first-order valence-corrected chi connectivity index (χ1v) is 8.54. The lowest BCUT2D eigenvalue weighted by Gasteiger charge is -2.20. The maximum absolute atomic E-state index is 14.4. The number of halogens is 4. The van der Waals surface area contributed by atoms with E-state index in [1.807, 2.05) is 0 Å². The average Bonchev–Trinajstić information content (AvgIpc) is 3.18. The lowest BCUT2D eigenvalue weighted by Crippen LogP contribution is -2.44. The molecule has 2 atom stereocenters. The molecule has 28 heavy (non-hydrogen) atoms. The summed E-state index contributed by atoms with van der Waals surface area (Å²) in [6.07, 6.45) is -8.56. The molecule has 0 aromatic heterocycles. The van der Waals surface area contributed by atoms with Crippen molar-refractivity contribution in [3.05, 3.63) is 24.0 Å². The maximum Gasteiger partial charge on any atom is 0.414 e. The Kier molecular flexibility index (Phi) is 5.44. The number of hydrogen-bond donors (Lipinski definition) is 1. The summed E-state index contributed by atoms with van der Waals surface area (Å²) in [6, 6.07) is 2.40. The van der Waals surface area contributed by atoms with Gasteiger partial charge in [0.25, 0.3) is 0 Å². The number of hydrogen-bond acceptors (Lipinski definition) is 6. The molecule has 1 aromatic carbocycles. The number of thiocarbonyl (C=S) groups is 1. The Morgan fingerprint density at radius 3 is 2.57 bits per heavy atom. The highest BCUT2D eigenvalue weighted by Gasteiger charge is 2.40. The number of amides is 2. The van der Waals surface area contributed by atoms with Gasteiger partial charge >= 0.3 is 18.4 Å². The van der Waals surface area contributed by atoms with Gasteiger partial charge in [0.05, 0.1) is 36.9 Å². The zero-order valence-electron chi connectivity index (χ0n) is 14.2. The van der Waals surface area contributed by atoms with E-state index in [-0.39, 0.29) is 31.1 Å². The number of carbonyl (C=O) groups excluding carboxylic acids is 2. The van der Waals surface area contributed by atoms with Gasteiger partial charge in [0, 0.05) is 4.86 Å². The second-order valence-corrected chi connectivity index (χ2v) is 6.74. The molecule has 2 aliphatic rings. The van der Waals surface area contributed by atoms with E-state index in [2.05, 4.69) is 0 Å². The first kappa shape index (κ1) is 20.3. The van der Waals surface area contributed by atoms with E-state index < -0.39 is 47.6 Å². The third-order valence-electron chi connectivity index (χ3n) is 4.28. The third-order valence-corrected chi connectivity index (χ3v) is 4.69. The van der Waals surface area contributed by atoms with E-state index in [4.69, 9.17) is 27.4 Å². The normalized spacial score (nSPS) is 21.0. The second kappa shape index (κ2) is 7.51. The summed E-state index contributed by atoms with van der Waals surface area (Å²) in [5.41, 5.74) is 5.80. The van der Waals surface area contributed by atoms with E-state index in [1.54, 1.807) is 0 Å². The number of rotatable bonds is 5. The molecule has 1 unspecified atom stereocenters. The topological polar surface area (TPSA) is 85.1 Å². The van der Waals surface area contributed by atoms with Crippen LogP contribution in [0.1, 0.15) is 6.42 Å². The number of benzene rings is 1. The van der Waals surface area contributed by atoms with E-state index in [0.29, 0.717) is 0 Å². The van der Waals surface area contributed by atoms with E-state index in [0.717, 1.165) is 15.9 Å². The minimum absolute atomic E-state index is 0.0154. The smallest absolute Gasteiger partial charge is 0.414 e. The molecular formula is C16H15F4N3O4S. The van der Waals surface area contributed by atoms with Gasteiger partial charge in [0.1, 0.15) is 18.5 Å². The molecule has 7 nitrogen and oxygen atoms in total. The number of carbonyl (C=O) groups is 2. The van der Waals surface area contributed by atoms with Crippen molar-refractivity contribution in [1.29, 1.82) is 0 Å². The van der Waals surface area contributed by atoms with Crippen LogP contribution in [0.5, 0.6) is 0 Å². The van der Waals surface area contributed by atoms with Crippen molar-refractivity contribution in [2.45, 2.75) is 24.7 Å². The van der Waals surface area contributed by atoms with E-state index >= 15 is 0 Å². The lowest BCUT2D eigenvalue weighted by molar-refractivity contribution is -0.121. The molecule has 2 N–H and O–H groups in total. The van der Waals surface area contributed by atoms with Crippen LogP contribution in [0.25, 0.3) is 0 Å². The van der Waals surface area contributed by atoms with Crippen molar-refractivity contribution in [3.8, 4) is 0 Å². The van der Waals surface area contributed by atoms with Gasteiger partial charge in [-0.1, -0.05) is 12.2 Å². The van der Waals surface area contributed by atoms with Crippen molar-refractivity contribution in [1.82, 2.24) is 0 Å². The summed E-state index contributed by atoms with van der Waals surface area (Å²) in [5, 5.41) is 0. The van der Waals surface area contributed by atoms with Crippen molar-refractivity contribution >= 4 is 40.6 Å². The number of nitrogens with two attached hydrogens (primary N) is 1. The molecule has 0 bridgehead atoms. The fraction of sp³-hybridized carbons (Fsp3) is 0.438. The fourth-order valence-electron chi connectivity index (χ4n) is 2.90. The van der Waals surface area contributed by atoms with Gasteiger partial charge in [0.15, 0.2) is 0 Å². The van der Waals surface area contributed by atoms with Crippen LogP contribution in [0.15, 0.2) is 18.2 Å². The Bertz CT molecular complexity index is 820. The highest BCUT2D eigenvalue weighted by molar-refractivity contribution is 7.80. The van der Waals surface area contributed by atoms with Gasteiger partial charge in [0.2, 0.25) is 0 Å². The molecule has 2 saturated heterocycles. The van der Waals surface area contributed by atoms with Gasteiger partial charge in [-0.2, -0.15) is 13.2 Å². The van der Waals surface area contributed by atoms with Crippen LogP contribution in [0, 0.1) is 5.82 Å². The molecular weight excluding hydrogens is 406 g/mol. The summed E-state index contributed by atoms with van der Waals surface area (Å²) >= 11 is 4.70. The number of nitrogens with zero attached hydrogens (tertiary/aromatic N) is 2. The molecule has 0 saturated carbocycles. The summed E-state index contributed by atoms with van der Waals surface area (Å²) in [7, 11) is 0. The fourth-order valence-corrected chi connectivity index (χ4v) is 3.22. The number of cyclic esters (lactones) is 2. The largest absolute Gasteiger partial charge is 0.447 e. The van der Waals surface area contributed by atoms with E-state index in [1.165, 1.54) is 12.1 Å². The van der Waals surface area contributed by atoms with Crippen molar-refractivity contribution in [3.63, 3.8) is 0 Å². The second-order valence-electron chi connectivity index (χ2n) is 6.22. The maximum atomic E-state index is 14.4. The zero-order valence-corrected chi connectivity index (χ0v) is 15.1. The summed E-state index contributed by atoms with van der Waals surface area (Å²) < 4.78 is 61.6. The molecule has 12 heteroatoms. The SMILES string of the molecule is NC(C(=S)CC(F)(F)F)[C@@H]1CN(c2ccc(N3CCOC3=O)c(F)c2)C(=O)O1. The predicted molar refractivity (Wildman–Crippen MR) is 94.0 cm³/mol. The van der Waals surface area contributed by atoms with Crippen LogP contribution >= 0.6 is 12.2 Å².